The van der Waals surface area contributed by atoms with E-state index in [9.17, 15) is 4.79 Å². The van der Waals surface area contributed by atoms with Crippen molar-refractivity contribution in [3.8, 4) is 0 Å². The third-order valence-electron chi connectivity index (χ3n) is 5.25. The molecule has 0 bridgehead atoms. The van der Waals surface area contributed by atoms with E-state index in [1.807, 2.05) is 0 Å². The topological polar surface area (TPSA) is 41.6 Å². The highest BCUT2D eigenvalue weighted by atomic mass is 16.5. The summed E-state index contributed by atoms with van der Waals surface area (Å²) in [5.41, 5.74) is 0. The molecule has 4 nitrogen and oxygen atoms in total. The number of nitrogens with zero attached hydrogens (tertiary/aromatic N) is 1. The Bertz CT molecular complexity index is 365. The molecular weight excluding hydrogens is 336 g/mol. The predicted molar refractivity (Wildman–Crippen MR) is 115 cm³/mol. The number of unbranched alkanes of at least 4 members (excludes halogenated alkanes) is 11. The first kappa shape index (κ1) is 24.2. The Morgan fingerprint density at radius 2 is 1.56 bits per heavy atom. The first-order valence-corrected chi connectivity index (χ1v) is 11.6. The van der Waals surface area contributed by atoms with E-state index in [4.69, 9.17) is 4.74 Å². The summed E-state index contributed by atoms with van der Waals surface area (Å²) < 4.78 is 5.31. The van der Waals surface area contributed by atoms with Crippen LogP contribution >= 0.6 is 0 Å². The molecule has 1 saturated heterocycles. The molecule has 1 aliphatic heterocycles. The van der Waals surface area contributed by atoms with Gasteiger partial charge in [0.05, 0.1) is 0 Å². The summed E-state index contributed by atoms with van der Waals surface area (Å²) in [5, 5.41) is 3.28. The van der Waals surface area contributed by atoms with Crippen LogP contribution in [-0.2, 0) is 9.53 Å². The molecule has 0 atom stereocenters. The maximum Gasteiger partial charge on any atom is 0.305 e. The molecule has 4 heteroatoms. The van der Waals surface area contributed by atoms with E-state index in [0.29, 0.717) is 13.0 Å². The summed E-state index contributed by atoms with van der Waals surface area (Å²) in [6.45, 7) is 6.68. The van der Waals surface area contributed by atoms with Gasteiger partial charge in [-0.05, 0) is 32.1 Å². The SMILES string of the molecule is CCCCCCCC/C=C\CCCCCCCC(=O)OCCN1CCNC1. The fourth-order valence-electron chi connectivity index (χ4n) is 3.45. The Balaban J connectivity index is 1.75. The van der Waals surface area contributed by atoms with Crippen molar-refractivity contribution in [2.75, 3.05) is 32.9 Å². The highest BCUT2D eigenvalue weighted by molar-refractivity contribution is 5.69. The van der Waals surface area contributed by atoms with Crippen molar-refractivity contribution < 1.29 is 9.53 Å². The van der Waals surface area contributed by atoms with Crippen molar-refractivity contribution in [3.63, 3.8) is 0 Å². The minimum absolute atomic E-state index is 0.0280. The predicted octanol–water partition coefficient (Wildman–Crippen LogP) is 5.43. The van der Waals surface area contributed by atoms with Crippen molar-refractivity contribution in [2.45, 2.75) is 96.8 Å². The van der Waals surface area contributed by atoms with Crippen LogP contribution in [0.15, 0.2) is 12.2 Å². The largest absolute Gasteiger partial charge is 0.464 e. The molecule has 0 spiro atoms. The number of nitrogens with one attached hydrogen (secondary N) is 1. The zero-order valence-corrected chi connectivity index (χ0v) is 17.9. The Labute approximate surface area is 168 Å². The summed E-state index contributed by atoms with van der Waals surface area (Å²) in [7, 11) is 0. The summed E-state index contributed by atoms with van der Waals surface area (Å²) in [4.78, 5) is 14.0. The highest BCUT2D eigenvalue weighted by Gasteiger charge is 2.10. The lowest BCUT2D eigenvalue weighted by molar-refractivity contribution is -0.144. The number of hydrogen-bond donors (Lipinski definition) is 1. The number of rotatable bonds is 18. The second kappa shape index (κ2) is 18.5. The van der Waals surface area contributed by atoms with Gasteiger partial charge in [-0.1, -0.05) is 70.4 Å². The van der Waals surface area contributed by atoms with Gasteiger partial charge in [0.2, 0.25) is 0 Å². The summed E-state index contributed by atoms with van der Waals surface area (Å²) in [6, 6.07) is 0. The van der Waals surface area contributed by atoms with Crippen molar-refractivity contribution in [3.05, 3.63) is 12.2 Å². The smallest absolute Gasteiger partial charge is 0.305 e. The Morgan fingerprint density at radius 3 is 2.19 bits per heavy atom. The Morgan fingerprint density at radius 1 is 0.926 bits per heavy atom. The summed E-state index contributed by atoms with van der Waals surface area (Å²) >= 11 is 0. The van der Waals surface area contributed by atoms with Gasteiger partial charge in [0.15, 0.2) is 0 Å². The lowest BCUT2D eigenvalue weighted by Gasteiger charge is -2.13. The molecule has 0 unspecified atom stereocenters. The molecule has 0 aromatic carbocycles. The first-order valence-electron chi connectivity index (χ1n) is 11.6. The lowest BCUT2D eigenvalue weighted by Crippen LogP contribution is -2.27. The monoisotopic (exact) mass is 380 g/mol. The molecule has 1 N–H and O–H groups in total. The van der Waals surface area contributed by atoms with Crippen LogP contribution in [0.1, 0.15) is 96.8 Å². The van der Waals surface area contributed by atoms with Gasteiger partial charge >= 0.3 is 5.97 Å². The minimum Gasteiger partial charge on any atom is -0.464 e. The molecule has 158 valence electrons. The van der Waals surface area contributed by atoms with Gasteiger partial charge in [0.25, 0.3) is 0 Å². The number of carbonyl (C=O) groups excluding carboxylic acids is 1. The van der Waals surface area contributed by atoms with Crippen molar-refractivity contribution >= 4 is 5.97 Å². The summed E-state index contributed by atoms with van der Waals surface area (Å²) in [5.74, 6) is -0.0280. The molecule has 1 aliphatic rings. The standard InChI is InChI=1S/C23H44N2O2/c1-2-3-4-5-6-7-8-9-10-11-12-13-14-15-16-17-23(26)27-21-20-25-19-18-24-22-25/h9-10,24H,2-8,11-22H2,1H3/b10-9-. The highest BCUT2D eigenvalue weighted by Crippen LogP contribution is 2.10. The summed E-state index contributed by atoms with van der Waals surface area (Å²) in [6.07, 6.45) is 22.0. The Hall–Kier alpha value is -0.870. The maximum atomic E-state index is 11.7. The van der Waals surface area contributed by atoms with E-state index in [-0.39, 0.29) is 5.97 Å². The van der Waals surface area contributed by atoms with Crippen LogP contribution in [0.2, 0.25) is 0 Å². The van der Waals surface area contributed by atoms with Crippen LogP contribution in [0.3, 0.4) is 0 Å². The fourth-order valence-corrected chi connectivity index (χ4v) is 3.45. The van der Waals surface area contributed by atoms with Gasteiger partial charge in [0, 0.05) is 32.7 Å². The third kappa shape index (κ3) is 15.8. The van der Waals surface area contributed by atoms with E-state index in [2.05, 4.69) is 29.3 Å². The van der Waals surface area contributed by atoms with Crippen LogP contribution in [0.5, 0.6) is 0 Å². The van der Waals surface area contributed by atoms with Gasteiger partial charge < -0.3 is 10.1 Å². The molecule has 0 amide bonds. The molecule has 0 aromatic rings. The number of carbonyl (C=O) groups is 1. The quantitative estimate of drug-likeness (QED) is 0.196. The van der Waals surface area contributed by atoms with E-state index < -0.39 is 0 Å². The number of hydrogen-bond acceptors (Lipinski definition) is 4. The van der Waals surface area contributed by atoms with Crippen LogP contribution in [-0.4, -0.2) is 43.8 Å². The van der Waals surface area contributed by atoms with Gasteiger partial charge in [0.1, 0.15) is 6.61 Å². The van der Waals surface area contributed by atoms with Gasteiger partial charge in [-0.25, -0.2) is 0 Å². The molecule has 27 heavy (non-hydrogen) atoms. The molecule has 0 saturated carbocycles. The third-order valence-corrected chi connectivity index (χ3v) is 5.25. The van der Waals surface area contributed by atoms with Crippen molar-refractivity contribution in [1.29, 1.82) is 0 Å². The minimum atomic E-state index is -0.0280. The van der Waals surface area contributed by atoms with Crippen molar-refractivity contribution in [2.24, 2.45) is 0 Å². The van der Waals surface area contributed by atoms with Gasteiger partial charge in [-0.2, -0.15) is 0 Å². The lowest BCUT2D eigenvalue weighted by atomic mass is 10.1. The van der Waals surface area contributed by atoms with E-state index in [1.165, 1.54) is 70.6 Å². The second-order valence-electron chi connectivity index (χ2n) is 7.83. The average molecular weight is 381 g/mol. The zero-order chi connectivity index (χ0) is 19.4. The molecule has 1 heterocycles. The zero-order valence-electron chi connectivity index (χ0n) is 17.9. The molecule has 0 aliphatic carbocycles. The van der Waals surface area contributed by atoms with E-state index in [1.54, 1.807) is 0 Å². The first-order chi connectivity index (χ1) is 13.3. The average Bonchev–Trinajstić information content (AvgIpc) is 3.18. The van der Waals surface area contributed by atoms with Crippen LogP contribution in [0.4, 0.5) is 0 Å². The number of ether oxygens (including phenoxy) is 1. The molecule has 0 aromatic heterocycles. The van der Waals surface area contributed by atoms with Gasteiger partial charge in [-0.3, -0.25) is 9.69 Å². The van der Waals surface area contributed by atoms with E-state index in [0.717, 1.165) is 39.1 Å². The molecule has 0 radical (unpaired) electrons. The van der Waals surface area contributed by atoms with Crippen LogP contribution < -0.4 is 5.32 Å². The molecule has 1 rings (SSSR count). The number of allylic oxidation sites excluding steroid dienone is 2. The molecule has 1 fully saturated rings. The second-order valence-corrected chi connectivity index (χ2v) is 7.83. The normalized spacial score (nSPS) is 15.0. The van der Waals surface area contributed by atoms with E-state index >= 15 is 0 Å². The van der Waals surface area contributed by atoms with Gasteiger partial charge in [-0.15, -0.1) is 0 Å². The van der Waals surface area contributed by atoms with Crippen LogP contribution in [0, 0.1) is 0 Å². The Kier molecular flexibility index (Phi) is 16.6. The fraction of sp³-hybridized carbons (Fsp3) is 0.870. The molecular formula is C23H44N2O2. The van der Waals surface area contributed by atoms with Crippen molar-refractivity contribution in [1.82, 2.24) is 10.2 Å². The van der Waals surface area contributed by atoms with Crippen LogP contribution in [0.25, 0.3) is 0 Å². The number of esters is 1. The maximum absolute atomic E-state index is 11.7.